The third kappa shape index (κ3) is 3.87. The lowest BCUT2D eigenvalue weighted by molar-refractivity contribution is -0.113. The van der Waals surface area contributed by atoms with Gasteiger partial charge in [-0.05, 0) is 48.2 Å². The molecule has 2 aromatic rings. The summed E-state index contributed by atoms with van der Waals surface area (Å²) in [5.41, 5.74) is 1.60. The summed E-state index contributed by atoms with van der Waals surface area (Å²) in [5.74, 6) is 0.408. The Kier molecular flexibility index (Phi) is 5.74. The molecule has 7 heteroatoms. The number of amides is 1. The molecule has 0 N–H and O–H groups in total. The van der Waals surface area contributed by atoms with E-state index in [9.17, 15) is 4.79 Å². The van der Waals surface area contributed by atoms with E-state index in [0.29, 0.717) is 25.7 Å². The molecule has 2 aromatic carbocycles. The van der Waals surface area contributed by atoms with Gasteiger partial charge in [0.1, 0.15) is 5.75 Å². The van der Waals surface area contributed by atoms with E-state index in [0.717, 1.165) is 5.56 Å². The lowest BCUT2D eigenvalue weighted by atomic mass is 10.2. The molecule has 0 aliphatic carbocycles. The quantitative estimate of drug-likeness (QED) is 0.380. The van der Waals surface area contributed by atoms with Crippen LogP contribution in [0, 0.1) is 0 Å². The van der Waals surface area contributed by atoms with Gasteiger partial charge in [0, 0.05) is 4.90 Å². The lowest BCUT2D eigenvalue weighted by Crippen LogP contribution is -2.27. The van der Waals surface area contributed by atoms with Crippen LogP contribution in [0.15, 0.2) is 52.3 Å². The van der Waals surface area contributed by atoms with Crippen molar-refractivity contribution in [1.82, 2.24) is 0 Å². The van der Waals surface area contributed by atoms with Crippen LogP contribution in [0.2, 0.25) is 5.02 Å². The third-order valence-electron chi connectivity index (χ3n) is 3.60. The molecule has 0 bridgehead atoms. The number of carbonyl (C=O) groups is 1. The fourth-order valence-corrected chi connectivity index (χ4v) is 4.30. The summed E-state index contributed by atoms with van der Waals surface area (Å²) in [7, 11) is 1.55. The van der Waals surface area contributed by atoms with Crippen molar-refractivity contribution in [2.24, 2.45) is 0 Å². The van der Waals surface area contributed by atoms with Crippen LogP contribution in [0.5, 0.6) is 5.75 Å². The maximum Gasteiger partial charge on any atom is 0.270 e. The highest BCUT2D eigenvalue weighted by Gasteiger charge is 2.33. The number of thioether (sulfide) groups is 2. The number of thiocarbonyl (C=S) groups is 1. The highest BCUT2D eigenvalue weighted by Crippen LogP contribution is 2.38. The Balaban J connectivity index is 1.89. The first-order valence-electron chi connectivity index (χ1n) is 7.29. The zero-order chi connectivity index (χ0) is 18.0. The fourth-order valence-electron chi connectivity index (χ4n) is 2.34. The second-order valence-corrected chi connectivity index (χ2v) is 8.07. The minimum Gasteiger partial charge on any atom is -0.495 e. The number of methoxy groups -OCH3 is 1. The summed E-state index contributed by atoms with van der Waals surface area (Å²) in [6.45, 7) is 0. The van der Waals surface area contributed by atoms with Crippen LogP contribution >= 0.6 is 47.3 Å². The molecule has 1 saturated heterocycles. The normalized spacial score (nSPS) is 16.0. The van der Waals surface area contributed by atoms with Crippen molar-refractivity contribution in [3.8, 4) is 5.75 Å². The molecular weight excluding hydrogens is 394 g/mol. The smallest absolute Gasteiger partial charge is 0.270 e. The third-order valence-corrected chi connectivity index (χ3v) is 5.94. The Morgan fingerprint density at radius 1 is 1.24 bits per heavy atom. The van der Waals surface area contributed by atoms with E-state index in [1.165, 1.54) is 21.6 Å². The Morgan fingerprint density at radius 2 is 1.96 bits per heavy atom. The zero-order valence-electron chi connectivity index (χ0n) is 13.5. The molecule has 0 aromatic heterocycles. The van der Waals surface area contributed by atoms with E-state index in [-0.39, 0.29) is 5.91 Å². The SMILES string of the molecule is COc1ccc(N2C(=O)/C(=C/c3ccc(SC)cc3)SC2=S)cc1Cl. The highest BCUT2D eigenvalue weighted by atomic mass is 35.5. The highest BCUT2D eigenvalue weighted by molar-refractivity contribution is 8.27. The zero-order valence-corrected chi connectivity index (χ0v) is 16.7. The molecule has 0 spiro atoms. The van der Waals surface area contributed by atoms with Gasteiger partial charge in [0.25, 0.3) is 5.91 Å². The van der Waals surface area contributed by atoms with Crippen molar-refractivity contribution in [1.29, 1.82) is 0 Å². The van der Waals surface area contributed by atoms with Gasteiger partial charge in [-0.2, -0.15) is 0 Å². The molecule has 3 rings (SSSR count). The van der Waals surface area contributed by atoms with Crippen LogP contribution in [-0.2, 0) is 4.79 Å². The van der Waals surface area contributed by atoms with Gasteiger partial charge < -0.3 is 4.74 Å². The standard InChI is InChI=1S/C18H14ClNO2S3/c1-22-15-8-5-12(10-14(15)19)20-17(21)16(25-18(20)23)9-11-3-6-13(24-2)7-4-11/h3-10H,1-2H3/b16-9-. The maximum absolute atomic E-state index is 12.8. The number of rotatable bonds is 4. The molecule has 1 heterocycles. The van der Waals surface area contributed by atoms with Crippen molar-refractivity contribution in [3.05, 3.63) is 58.0 Å². The van der Waals surface area contributed by atoms with Crippen LogP contribution in [0.4, 0.5) is 5.69 Å². The van der Waals surface area contributed by atoms with Gasteiger partial charge >= 0.3 is 0 Å². The average molecular weight is 408 g/mol. The molecule has 3 nitrogen and oxygen atoms in total. The Labute approximate surface area is 165 Å². The van der Waals surface area contributed by atoms with Crippen molar-refractivity contribution < 1.29 is 9.53 Å². The van der Waals surface area contributed by atoms with Crippen LogP contribution in [0.3, 0.4) is 0 Å². The average Bonchev–Trinajstić information content (AvgIpc) is 2.89. The van der Waals surface area contributed by atoms with Crippen molar-refractivity contribution in [2.45, 2.75) is 4.90 Å². The largest absolute Gasteiger partial charge is 0.495 e. The number of hydrogen-bond donors (Lipinski definition) is 0. The summed E-state index contributed by atoms with van der Waals surface area (Å²) < 4.78 is 5.63. The first kappa shape index (κ1) is 18.3. The van der Waals surface area contributed by atoms with Gasteiger partial charge in [-0.3, -0.25) is 9.69 Å². The Bertz CT molecular complexity index is 865. The predicted molar refractivity (Wildman–Crippen MR) is 112 cm³/mol. The van der Waals surface area contributed by atoms with E-state index in [2.05, 4.69) is 0 Å². The number of hydrogen-bond acceptors (Lipinski definition) is 5. The van der Waals surface area contributed by atoms with Crippen LogP contribution in [0.25, 0.3) is 6.08 Å². The van der Waals surface area contributed by atoms with E-state index < -0.39 is 0 Å². The Morgan fingerprint density at radius 3 is 2.56 bits per heavy atom. The van der Waals surface area contributed by atoms with Crippen molar-refractivity contribution in [3.63, 3.8) is 0 Å². The summed E-state index contributed by atoms with van der Waals surface area (Å²) in [6.07, 6.45) is 3.88. The van der Waals surface area contributed by atoms with Crippen LogP contribution in [0.1, 0.15) is 5.56 Å². The van der Waals surface area contributed by atoms with Gasteiger partial charge in [0.2, 0.25) is 0 Å². The monoisotopic (exact) mass is 407 g/mol. The number of nitrogens with zero attached hydrogens (tertiary/aromatic N) is 1. The van der Waals surface area contributed by atoms with Crippen LogP contribution in [-0.4, -0.2) is 23.6 Å². The predicted octanol–water partition coefficient (Wildman–Crippen LogP) is 5.48. The minimum absolute atomic E-state index is 0.148. The van der Waals surface area contributed by atoms with Gasteiger partial charge in [-0.15, -0.1) is 11.8 Å². The maximum atomic E-state index is 12.8. The number of carbonyl (C=O) groups excluding carboxylic acids is 1. The lowest BCUT2D eigenvalue weighted by Gasteiger charge is -2.15. The molecule has 1 amide bonds. The van der Waals surface area contributed by atoms with Gasteiger partial charge in [0.05, 0.1) is 22.7 Å². The van der Waals surface area contributed by atoms with Gasteiger partial charge in [-0.25, -0.2) is 0 Å². The second-order valence-electron chi connectivity index (χ2n) is 5.11. The molecule has 1 aliphatic heterocycles. The topological polar surface area (TPSA) is 29.5 Å². The summed E-state index contributed by atoms with van der Waals surface area (Å²) in [5, 5.41) is 0.436. The van der Waals surface area contributed by atoms with Crippen molar-refractivity contribution >= 4 is 69.3 Å². The molecule has 0 saturated carbocycles. The molecule has 0 unspecified atom stereocenters. The molecule has 1 aliphatic rings. The molecule has 0 atom stereocenters. The molecule has 0 radical (unpaired) electrons. The van der Waals surface area contributed by atoms with E-state index >= 15 is 0 Å². The second kappa shape index (κ2) is 7.83. The molecule has 1 fully saturated rings. The first-order valence-corrected chi connectivity index (χ1v) is 10.1. The van der Waals surface area contributed by atoms with E-state index in [1.54, 1.807) is 37.1 Å². The van der Waals surface area contributed by atoms with E-state index in [4.69, 9.17) is 28.6 Å². The van der Waals surface area contributed by atoms with Crippen LogP contribution < -0.4 is 9.64 Å². The summed E-state index contributed by atoms with van der Waals surface area (Å²) in [6, 6.07) is 13.2. The molecular formula is C18H14ClNO2S3. The summed E-state index contributed by atoms with van der Waals surface area (Å²) in [4.78, 5) is 16.0. The van der Waals surface area contributed by atoms with Crippen molar-refractivity contribution in [2.75, 3.05) is 18.3 Å². The number of anilines is 1. The summed E-state index contributed by atoms with van der Waals surface area (Å²) >= 11 is 14.5. The van der Waals surface area contributed by atoms with E-state index in [1.807, 2.05) is 36.6 Å². The number of ether oxygens (including phenoxy) is 1. The number of benzene rings is 2. The minimum atomic E-state index is -0.148. The molecule has 25 heavy (non-hydrogen) atoms. The Hall–Kier alpha value is -1.47. The fraction of sp³-hybridized carbons (Fsp3) is 0.111. The first-order chi connectivity index (χ1) is 12.0. The number of halogens is 1. The molecule has 128 valence electrons. The van der Waals surface area contributed by atoms with Gasteiger partial charge in [0.15, 0.2) is 4.32 Å². The van der Waals surface area contributed by atoms with Gasteiger partial charge in [-0.1, -0.05) is 47.7 Å².